The molecule has 3 heteroatoms. The third-order valence-corrected chi connectivity index (χ3v) is 1.83. The molecule has 8 heavy (non-hydrogen) atoms. The van der Waals surface area contributed by atoms with Crippen LogP contribution in [0.25, 0.3) is 0 Å². The molecule has 3 nitrogen and oxygen atoms in total. The molecule has 0 aromatic carbocycles. The number of carbonyl (C=O) groups excluding carboxylic acids is 1. The molecule has 2 fully saturated rings. The maximum Gasteiger partial charge on any atom is 0.238 e. The molecule has 2 bridgehead atoms. The fraction of sp³-hybridized carbons (Fsp3) is 0.800. The largest absolute Gasteiger partial charge is 0.289 e. The number of amides is 1. The summed E-state index contributed by atoms with van der Waals surface area (Å²) in [5, 5.41) is 1.98. The van der Waals surface area contributed by atoms with E-state index in [1.807, 2.05) is 5.01 Å². The number of hydrogen-bond donors (Lipinski definition) is 1. The van der Waals surface area contributed by atoms with E-state index in [0.29, 0.717) is 5.92 Å². The monoisotopic (exact) mass is 112 g/mol. The highest BCUT2D eigenvalue weighted by Crippen LogP contribution is 2.19. The van der Waals surface area contributed by atoms with Gasteiger partial charge in [-0.05, 0) is 6.42 Å². The summed E-state index contributed by atoms with van der Waals surface area (Å²) in [6.45, 7) is 2.00. The van der Waals surface area contributed by atoms with Crippen LogP contribution in [0.3, 0.4) is 0 Å². The van der Waals surface area contributed by atoms with E-state index in [0.717, 1.165) is 19.5 Å². The zero-order valence-corrected chi connectivity index (χ0v) is 4.55. The van der Waals surface area contributed by atoms with E-state index < -0.39 is 0 Å². The average molecular weight is 112 g/mol. The molecule has 2 heterocycles. The Labute approximate surface area is 47.6 Å². The summed E-state index contributed by atoms with van der Waals surface area (Å²) in [5.41, 5.74) is 2.75. The first kappa shape index (κ1) is 4.32. The summed E-state index contributed by atoms with van der Waals surface area (Å²) in [5.74, 6) is 0.534. The van der Waals surface area contributed by atoms with E-state index in [1.165, 1.54) is 0 Å². The maximum atomic E-state index is 10.7. The molecular formula is C5H8N2O. The van der Waals surface area contributed by atoms with Gasteiger partial charge in [0, 0.05) is 13.1 Å². The van der Waals surface area contributed by atoms with Crippen molar-refractivity contribution < 1.29 is 4.79 Å². The topological polar surface area (TPSA) is 32.3 Å². The predicted octanol–water partition coefficient (Wildman–Crippen LogP) is -0.647. The Morgan fingerprint density at radius 1 is 1.75 bits per heavy atom. The minimum Gasteiger partial charge on any atom is -0.289 e. The van der Waals surface area contributed by atoms with E-state index in [-0.39, 0.29) is 5.91 Å². The van der Waals surface area contributed by atoms with Gasteiger partial charge in [-0.2, -0.15) is 0 Å². The first-order valence-electron chi connectivity index (χ1n) is 2.92. The molecule has 2 unspecified atom stereocenters. The molecule has 2 saturated heterocycles. The van der Waals surface area contributed by atoms with Crippen LogP contribution in [0.2, 0.25) is 0 Å². The van der Waals surface area contributed by atoms with Crippen molar-refractivity contribution >= 4 is 5.91 Å². The molecule has 44 valence electrons. The van der Waals surface area contributed by atoms with Gasteiger partial charge in [0.05, 0.1) is 5.92 Å². The van der Waals surface area contributed by atoms with Crippen molar-refractivity contribution in [2.45, 2.75) is 6.42 Å². The highest BCUT2D eigenvalue weighted by molar-refractivity contribution is 5.81. The molecule has 0 radical (unpaired) electrons. The van der Waals surface area contributed by atoms with Crippen molar-refractivity contribution in [1.82, 2.24) is 10.4 Å². The fourth-order valence-electron chi connectivity index (χ4n) is 1.32. The van der Waals surface area contributed by atoms with Gasteiger partial charge in [0.25, 0.3) is 0 Å². The minimum atomic E-state index is 0.219. The normalized spacial score (nSPS) is 42.8. The molecule has 0 aromatic rings. The average Bonchev–Trinajstić information content (AvgIpc) is 2.23. The van der Waals surface area contributed by atoms with E-state index in [4.69, 9.17) is 0 Å². The van der Waals surface area contributed by atoms with Crippen molar-refractivity contribution in [3.8, 4) is 0 Å². The lowest BCUT2D eigenvalue weighted by atomic mass is 10.1. The Kier molecular flexibility index (Phi) is 0.663. The molecule has 0 spiro atoms. The van der Waals surface area contributed by atoms with Crippen LogP contribution in [-0.2, 0) is 4.79 Å². The second-order valence-corrected chi connectivity index (χ2v) is 2.41. The lowest BCUT2D eigenvalue weighted by Crippen LogP contribution is -2.36. The molecule has 2 aliphatic rings. The van der Waals surface area contributed by atoms with Gasteiger partial charge in [0.2, 0.25) is 5.91 Å². The number of hydrazine groups is 1. The first-order chi connectivity index (χ1) is 3.86. The third-order valence-electron chi connectivity index (χ3n) is 1.83. The lowest BCUT2D eigenvalue weighted by Gasteiger charge is -2.11. The zero-order valence-electron chi connectivity index (χ0n) is 4.55. The van der Waals surface area contributed by atoms with Gasteiger partial charge in [0.1, 0.15) is 0 Å². The summed E-state index contributed by atoms with van der Waals surface area (Å²) in [6.07, 6.45) is 1.06. The zero-order chi connectivity index (χ0) is 5.56. The molecule has 2 atom stereocenters. The molecule has 0 aromatic heterocycles. The summed E-state index contributed by atoms with van der Waals surface area (Å²) in [6, 6.07) is 0. The molecule has 1 amide bonds. The number of nitrogens with zero attached hydrogens (tertiary/aromatic N) is 1. The number of rotatable bonds is 0. The van der Waals surface area contributed by atoms with Crippen molar-refractivity contribution in [1.29, 1.82) is 0 Å². The fourth-order valence-corrected chi connectivity index (χ4v) is 1.32. The smallest absolute Gasteiger partial charge is 0.238 e. The lowest BCUT2D eigenvalue weighted by molar-refractivity contribution is -0.125. The quantitative estimate of drug-likeness (QED) is 0.451. The molecule has 2 aliphatic heterocycles. The Morgan fingerprint density at radius 2 is 2.62 bits per heavy atom. The summed E-state index contributed by atoms with van der Waals surface area (Å²) in [7, 11) is 0. The highest BCUT2D eigenvalue weighted by Gasteiger charge is 2.35. The molecule has 2 rings (SSSR count). The second kappa shape index (κ2) is 1.23. The molecule has 0 aliphatic carbocycles. The summed E-state index contributed by atoms with van der Waals surface area (Å²) in [4.78, 5) is 10.7. The van der Waals surface area contributed by atoms with Crippen molar-refractivity contribution in [3.05, 3.63) is 0 Å². The van der Waals surface area contributed by atoms with Crippen LogP contribution < -0.4 is 5.43 Å². The standard InChI is InChI=1S/C5H8N2O/c8-5-4-1-2-7(3-4)6-5/h4H,1-3H2,(H,6,8). The van der Waals surface area contributed by atoms with Crippen LogP contribution >= 0.6 is 0 Å². The Bertz CT molecular complexity index is 134. The SMILES string of the molecule is O=C1NN2CCC1C2. The Morgan fingerprint density at radius 3 is 2.88 bits per heavy atom. The van der Waals surface area contributed by atoms with Gasteiger partial charge >= 0.3 is 0 Å². The molecule has 0 saturated carbocycles. The van der Waals surface area contributed by atoms with Crippen molar-refractivity contribution in [2.24, 2.45) is 5.92 Å². The Balaban J connectivity index is 2.22. The van der Waals surface area contributed by atoms with Crippen LogP contribution in [0.1, 0.15) is 6.42 Å². The van der Waals surface area contributed by atoms with E-state index in [2.05, 4.69) is 5.43 Å². The van der Waals surface area contributed by atoms with Gasteiger partial charge in [-0.1, -0.05) is 0 Å². The number of hydrogen-bond acceptors (Lipinski definition) is 2. The van der Waals surface area contributed by atoms with Crippen molar-refractivity contribution in [3.63, 3.8) is 0 Å². The van der Waals surface area contributed by atoms with Gasteiger partial charge in [0.15, 0.2) is 0 Å². The van der Waals surface area contributed by atoms with E-state index in [9.17, 15) is 4.79 Å². The van der Waals surface area contributed by atoms with Gasteiger partial charge in [-0.3, -0.25) is 10.2 Å². The van der Waals surface area contributed by atoms with Gasteiger partial charge < -0.3 is 0 Å². The second-order valence-electron chi connectivity index (χ2n) is 2.41. The maximum absolute atomic E-state index is 10.7. The highest BCUT2D eigenvalue weighted by atomic mass is 16.2. The molecule has 1 N–H and O–H groups in total. The van der Waals surface area contributed by atoms with E-state index in [1.54, 1.807) is 0 Å². The predicted molar refractivity (Wildman–Crippen MR) is 27.8 cm³/mol. The number of nitrogens with one attached hydrogen (secondary N) is 1. The minimum absolute atomic E-state index is 0.219. The van der Waals surface area contributed by atoms with Gasteiger partial charge in [-0.15, -0.1) is 0 Å². The van der Waals surface area contributed by atoms with Crippen LogP contribution in [0.4, 0.5) is 0 Å². The van der Waals surface area contributed by atoms with Crippen LogP contribution in [0.15, 0.2) is 0 Å². The Hall–Kier alpha value is -0.570. The van der Waals surface area contributed by atoms with E-state index >= 15 is 0 Å². The van der Waals surface area contributed by atoms with Crippen LogP contribution in [-0.4, -0.2) is 24.0 Å². The van der Waals surface area contributed by atoms with Crippen molar-refractivity contribution in [2.75, 3.05) is 13.1 Å². The summed E-state index contributed by atoms with van der Waals surface area (Å²) >= 11 is 0. The van der Waals surface area contributed by atoms with Gasteiger partial charge in [-0.25, -0.2) is 5.01 Å². The number of fused-ring (bicyclic) bond motifs is 2. The third kappa shape index (κ3) is 0.395. The first-order valence-corrected chi connectivity index (χ1v) is 2.92. The van der Waals surface area contributed by atoms with Crippen LogP contribution in [0.5, 0.6) is 0 Å². The summed E-state index contributed by atoms with van der Waals surface area (Å²) < 4.78 is 0. The molecular weight excluding hydrogens is 104 g/mol. The van der Waals surface area contributed by atoms with Crippen LogP contribution in [0, 0.1) is 5.92 Å². The number of carbonyl (C=O) groups is 1.